The van der Waals surface area contributed by atoms with E-state index in [9.17, 15) is 9.59 Å². The number of rotatable bonds is 1. The molecule has 1 saturated heterocycles. The number of carbonyl (C=O) groups is 1. The Bertz CT molecular complexity index is 821. The van der Waals surface area contributed by atoms with Crippen molar-refractivity contribution < 1.29 is 14.3 Å². The molecule has 138 valence electrons. The maximum Gasteiger partial charge on any atom is 0.238 e. The van der Waals surface area contributed by atoms with Gasteiger partial charge in [-0.15, -0.1) is 0 Å². The molecule has 0 bridgehead atoms. The van der Waals surface area contributed by atoms with E-state index in [4.69, 9.17) is 4.74 Å². The molecule has 1 unspecified atom stereocenters. The Kier molecular flexibility index (Phi) is 3.11. The largest absolute Gasteiger partial charge is 0.338 e. The van der Waals surface area contributed by atoms with Crippen LogP contribution in [0.25, 0.3) is 0 Å². The predicted octanol–water partition coefficient (Wildman–Crippen LogP) is 4.26. The molecule has 1 spiro atoms. The standard InChI is InChI=1S/C22H27NO3/c1-19-9-6-15(25)12-14(19)4-5-16-17(19)7-10-20(2)18(16)8-11-22(20)21(3,26-22)23-13-24/h7,12,16,18H,4-6,8-11H2,1-3H3/t16-,18+,19+,20+,21?,22-/m1/s1. The van der Waals surface area contributed by atoms with Gasteiger partial charge in [0, 0.05) is 17.3 Å². The van der Waals surface area contributed by atoms with Gasteiger partial charge < -0.3 is 4.74 Å². The van der Waals surface area contributed by atoms with Crippen LogP contribution in [-0.2, 0) is 14.3 Å². The summed E-state index contributed by atoms with van der Waals surface area (Å²) in [4.78, 5) is 26.9. The summed E-state index contributed by atoms with van der Waals surface area (Å²) < 4.78 is 6.18. The second-order valence-electron chi connectivity index (χ2n) is 9.65. The van der Waals surface area contributed by atoms with E-state index < -0.39 is 5.72 Å². The van der Waals surface area contributed by atoms with Crippen LogP contribution in [-0.4, -0.2) is 23.2 Å². The SMILES string of the molecule is CC1(N=C=O)O[C@@]12CC[C@H]1[C@@H]3CCC4=CC(=O)CC[C@]4(C)C3=CC[C@@]12C. The minimum absolute atomic E-state index is 0.0261. The first-order valence-electron chi connectivity index (χ1n) is 10.0. The van der Waals surface area contributed by atoms with Gasteiger partial charge in [-0.2, -0.15) is 4.99 Å². The lowest BCUT2D eigenvalue weighted by atomic mass is 9.51. The normalized spacial score (nSPS) is 51.6. The van der Waals surface area contributed by atoms with Crippen LogP contribution in [0.4, 0.5) is 0 Å². The highest BCUT2D eigenvalue weighted by Gasteiger charge is 2.80. The minimum Gasteiger partial charge on any atom is -0.338 e. The highest BCUT2D eigenvalue weighted by molar-refractivity contribution is 5.92. The lowest BCUT2D eigenvalue weighted by molar-refractivity contribution is -0.115. The summed E-state index contributed by atoms with van der Waals surface area (Å²) in [5.41, 5.74) is 2.03. The first kappa shape index (κ1) is 16.6. The molecule has 0 N–H and O–H groups in total. The van der Waals surface area contributed by atoms with Crippen LogP contribution >= 0.6 is 0 Å². The van der Waals surface area contributed by atoms with Crippen molar-refractivity contribution in [2.24, 2.45) is 27.7 Å². The third-order valence-corrected chi connectivity index (χ3v) is 8.80. The van der Waals surface area contributed by atoms with Crippen LogP contribution in [0, 0.1) is 22.7 Å². The Morgan fingerprint density at radius 2 is 2.00 bits per heavy atom. The molecular formula is C22H27NO3. The van der Waals surface area contributed by atoms with Gasteiger partial charge in [-0.25, -0.2) is 4.79 Å². The third kappa shape index (κ3) is 1.73. The zero-order valence-electron chi connectivity index (χ0n) is 15.9. The molecule has 26 heavy (non-hydrogen) atoms. The molecule has 5 aliphatic rings. The molecule has 1 heterocycles. The van der Waals surface area contributed by atoms with Gasteiger partial charge in [-0.05, 0) is 63.4 Å². The van der Waals surface area contributed by atoms with Gasteiger partial charge in [0.15, 0.2) is 11.5 Å². The molecule has 0 aromatic carbocycles. The molecular weight excluding hydrogens is 326 g/mol. The van der Waals surface area contributed by atoms with E-state index in [1.807, 2.05) is 13.0 Å². The molecule has 4 nitrogen and oxygen atoms in total. The number of epoxide rings is 1. The summed E-state index contributed by atoms with van der Waals surface area (Å²) >= 11 is 0. The van der Waals surface area contributed by atoms with Crippen LogP contribution in [0.1, 0.15) is 65.7 Å². The Morgan fingerprint density at radius 3 is 2.77 bits per heavy atom. The first-order chi connectivity index (χ1) is 12.3. The van der Waals surface area contributed by atoms with E-state index >= 15 is 0 Å². The number of carbonyl (C=O) groups excluding carboxylic acids is 2. The van der Waals surface area contributed by atoms with Crippen molar-refractivity contribution in [3.05, 3.63) is 23.3 Å². The molecule has 3 fully saturated rings. The van der Waals surface area contributed by atoms with Gasteiger partial charge >= 0.3 is 0 Å². The molecule has 1 aliphatic heterocycles. The van der Waals surface area contributed by atoms with Crippen LogP contribution in [0.15, 0.2) is 28.3 Å². The van der Waals surface area contributed by atoms with Gasteiger partial charge in [-0.3, -0.25) is 4.79 Å². The summed E-state index contributed by atoms with van der Waals surface area (Å²) in [6, 6.07) is 0. The van der Waals surface area contributed by atoms with Crippen molar-refractivity contribution in [3.8, 4) is 0 Å². The zero-order valence-corrected chi connectivity index (χ0v) is 15.9. The Balaban J connectivity index is 1.55. The first-order valence-corrected chi connectivity index (χ1v) is 10.0. The number of isocyanates is 1. The molecule has 5 rings (SSSR count). The fourth-order valence-electron chi connectivity index (χ4n) is 7.30. The second kappa shape index (κ2) is 4.85. The summed E-state index contributed by atoms with van der Waals surface area (Å²) in [6.07, 6.45) is 13.0. The van der Waals surface area contributed by atoms with Crippen LogP contribution in [0.5, 0.6) is 0 Å². The predicted molar refractivity (Wildman–Crippen MR) is 97.0 cm³/mol. The second-order valence-corrected chi connectivity index (χ2v) is 9.65. The van der Waals surface area contributed by atoms with E-state index in [-0.39, 0.29) is 16.4 Å². The van der Waals surface area contributed by atoms with Crippen LogP contribution in [0.2, 0.25) is 0 Å². The summed E-state index contributed by atoms with van der Waals surface area (Å²) in [7, 11) is 0. The lowest BCUT2D eigenvalue weighted by Gasteiger charge is -2.53. The van der Waals surface area contributed by atoms with Gasteiger partial charge in [0.1, 0.15) is 5.60 Å². The summed E-state index contributed by atoms with van der Waals surface area (Å²) in [6.45, 7) is 6.65. The monoisotopic (exact) mass is 353 g/mol. The number of nitrogens with zero attached hydrogens (tertiary/aromatic N) is 1. The number of ketones is 1. The average Bonchev–Trinajstić information content (AvgIpc) is 3.08. The van der Waals surface area contributed by atoms with Gasteiger partial charge in [0.25, 0.3) is 0 Å². The quantitative estimate of drug-likeness (QED) is 0.306. The van der Waals surface area contributed by atoms with Crippen molar-refractivity contribution in [1.29, 1.82) is 0 Å². The summed E-state index contributed by atoms with van der Waals surface area (Å²) in [5, 5.41) is 0. The Morgan fingerprint density at radius 1 is 1.19 bits per heavy atom. The molecule has 6 atom stereocenters. The van der Waals surface area contributed by atoms with Crippen molar-refractivity contribution in [1.82, 2.24) is 0 Å². The smallest absolute Gasteiger partial charge is 0.238 e. The number of aliphatic imine (C=N–C) groups is 1. The molecule has 0 radical (unpaired) electrons. The fraction of sp³-hybridized carbons (Fsp3) is 0.727. The maximum atomic E-state index is 11.9. The van der Waals surface area contributed by atoms with Gasteiger partial charge in [0.2, 0.25) is 6.08 Å². The highest BCUT2D eigenvalue weighted by Crippen LogP contribution is 2.74. The Hall–Kier alpha value is -1.51. The van der Waals surface area contributed by atoms with Crippen LogP contribution in [0.3, 0.4) is 0 Å². The van der Waals surface area contributed by atoms with E-state index in [2.05, 4.69) is 24.9 Å². The molecule has 4 aliphatic carbocycles. The zero-order chi connectivity index (χ0) is 18.4. The van der Waals surface area contributed by atoms with E-state index in [1.54, 1.807) is 11.7 Å². The van der Waals surface area contributed by atoms with Gasteiger partial charge in [-0.1, -0.05) is 31.1 Å². The van der Waals surface area contributed by atoms with E-state index in [0.29, 0.717) is 24.0 Å². The van der Waals surface area contributed by atoms with Crippen molar-refractivity contribution >= 4 is 11.9 Å². The van der Waals surface area contributed by atoms with Crippen molar-refractivity contribution in [3.63, 3.8) is 0 Å². The molecule has 4 heteroatoms. The fourth-order valence-corrected chi connectivity index (χ4v) is 7.30. The molecule has 0 amide bonds. The van der Waals surface area contributed by atoms with Crippen molar-refractivity contribution in [2.75, 3.05) is 0 Å². The number of ether oxygens (including phenoxy) is 1. The summed E-state index contributed by atoms with van der Waals surface area (Å²) in [5.74, 6) is 1.44. The molecule has 0 aromatic rings. The molecule has 2 saturated carbocycles. The Labute approximate surface area is 154 Å². The number of hydrogen-bond donors (Lipinski definition) is 0. The number of fused-ring (bicyclic) bond motifs is 6. The lowest BCUT2D eigenvalue weighted by Crippen LogP contribution is -2.48. The molecule has 0 aromatic heterocycles. The van der Waals surface area contributed by atoms with E-state index in [0.717, 1.165) is 38.5 Å². The van der Waals surface area contributed by atoms with Gasteiger partial charge in [0.05, 0.1) is 0 Å². The highest BCUT2D eigenvalue weighted by atomic mass is 16.6. The minimum atomic E-state index is -0.690. The number of hydrogen-bond acceptors (Lipinski definition) is 4. The maximum absolute atomic E-state index is 11.9. The van der Waals surface area contributed by atoms with Crippen LogP contribution < -0.4 is 0 Å². The topological polar surface area (TPSA) is 59.0 Å². The number of allylic oxidation sites excluding steroid dienone is 4. The van der Waals surface area contributed by atoms with E-state index in [1.165, 1.54) is 5.57 Å². The van der Waals surface area contributed by atoms with Crippen molar-refractivity contribution in [2.45, 2.75) is 77.0 Å². The average molecular weight is 353 g/mol. The third-order valence-electron chi connectivity index (χ3n) is 8.80.